The fraction of sp³-hybridized carbons (Fsp3) is 0.320. The first-order chi connectivity index (χ1) is 15.9. The van der Waals surface area contributed by atoms with Crippen LogP contribution in [0.15, 0.2) is 63.6 Å². The third-order valence-electron chi connectivity index (χ3n) is 5.58. The number of ether oxygens (including phenoxy) is 1. The Balaban J connectivity index is 1.79. The van der Waals surface area contributed by atoms with Crippen LogP contribution in [0.4, 0.5) is 0 Å². The lowest BCUT2D eigenvalue weighted by Crippen LogP contribution is -2.47. The summed E-state index contributed by atoms with van der Waals surface area (Å²) in [5.41, 5.74) is 3.85. The highest BCUT2D eigenvalue weighted by Crippen LogP contribution is 2.38. The molecule has 0 saturated heterocycles. The number of nitrogens with zero attached hydrogens (tertiary/aromatic N) is 3. The molecule has 0 saturated carbocycles. The number of aromatic nitrogens is 2. The van der Waals surface area contributed by atoms with Gasteiger partial charge in [0.15, 0.2) is 5.11 Å². The Morgan fingerprint density at radius 1 is 1.21 bits per heavy atom. The monoisotopic (exact) mass is 480 g/mol. The van der Waals surface area contributed by atoms with Gasteiger partial charge in [0, 0.05) is 22.7 Å². The third kappa shape index (κ3) is 4.91. The van der Waals surface area contributed by atoms with Crippen molar-refractivity contribution >= 4 is 34.7 Å². The van der Waals surface area contributed by atoms with E-state index < -0.39 is 0 Å². The number of benzene rings is 2. The second-order valence-electron chi connectivity index (χ2n) is 8.31. The molecule has 1 aliphatic rings. The van der Waals surface area contributed by atoms with Crippen molar-refractivity contribution in [3.05, 3.63) is 65.7 Å². The van der Waals surface area contributed by atoms with Gasteiger partial charge in [-0.2, -0.15) is 4.98 Å². The molecule has 0 spiro atoms. The zero-order valence-corrected chi connectivity index (χ0v) is 21.1. The molecule has 1 aliphatic heterocycles. The summed E-state index contributed by atoms with van der Waals surface area (Å²) in [4.78, 5) is 8.09. The molecule has 1 unspecified atom stereocenters. The van der Waals surface area contributed by atoms with Gasteiger partial charge in [-0.3, -0.25) is 0 Å². The van der Waals surface area contributed by atoms with Gasteiger partial charge in [-0.1, -0.05) is 31.1 Å². The van der Waals surface area contributed by atoms with Crippen molar-refractivity contribution in [3.8, 4) is 17.1 Å². The number of nitrogens with one attached hydrogen (secondary N) is 1. The van der Waals surface area contributed by atoms with Crippen LogP contribution in [0, 0.1) is 5.92 Å². The molecule has 33 heavy (non-hydrogen) atoms. The van der Waals surface area contributed by atoms with E-state index >= 15 is 0 Å². The maximum atomic E-state index is 5.82. The minimum absolute atomic E-state index is 0.233. The van der Waals surface area contributed by atoms with Gasteiger partial charge in [0.1, 0.15) is 5.75 Å². The Labute approximate surface area is 204 Å². The topological polar surface area (TPSA) is 63.4 Å². The lowest BCUT2D eigenvalue weighted by Gasteiger charge is -2.38. The molecule has 0 aliphatic carbocycles. The summed E-state index contributed by atoms with van der Waals surface area (Å²) in [5.74, 6) is 2.25. The molecule has 172 valence electrons. The van der Waals surface area contributed by atoms with E-state index in [0.717, 1.165) is 34.7 Å². The predicted octanol–water partition coefficient (Wildman–Crippen LogP) is 5.79. The van der Waals surface area contributed by atoms with Crippen LogP contribution in [-0.4, -0.2) is 40.1 Å². The number of thiocarbonyl (C=S) groups is 1. The average molecular weight is 481 g/mol. The van der Waals surface area contributed by atoms with Gasteiger partial charge in [0.25, 0.3) is 5.89 Å². The summed E-state index contributed by atoms with van der Waals surface area (Å²) in [5, 5.41) is 8.47. The van der Waals surface area contributed by atoms with E-state index in [1.165, 1.54) is 4.90 Å². The van der Waals surface area contributed by atoms with Crippen molar-refractivity contribution in [1.29, 1.82) is 0 Å². The van der Waals surface area contributed by atoms with Gasteiger partial charge in [-0.25, -0.2) is 0 Å². The number of methoxy groups -OCH3 is 1. The van der Waals surface area contributed by atoms with E-state index in [4.69, 9.17) is 26.5 Å². The predicted molar refractivity (Wildman–Crippen MR) is 137 cm³/mol. The fourth-order valence-corrected chi connectivity index (χ4v) is 4.64. The molecule has 3 aromatic rings. The van der Waals surface area contributed by atoms with Gasteiger partial charge in [-0.05, 0) is 73.3 Å². The van der Waals surface area contributed by atoms with Gasteiger partial charge < -0.3 is 19.5 Å². The molecule has 0 radical (unpaired) electrons. The van der Waals surface area contributed by atoms with Crippen molar-refractivity contribution in [2.24, 2.45) is 5.92 Å². The Hall–Kier alpha value is -2.84. The summed E-state index contributed by atoms with van der Waals surface area (Å²) in [6, 6.07) is 15.9. The minimum Gasteiger partial charge on any atom is -0.497 e. The number of hydrogen-bond donors (Lipinski definition) is 1. The van der Waals surface area contributed by atoms with E-state index in [1.54, 1.807) is 18.9 Å². The number of thioether (sulfide) groups is 1. The highest BCUT2D eigenvalue weighted by atomic mass is 32.2. The Morgan fingerprint density at radius 3 is 2.64 bits per heavy atom. The maximum Gasteiger partial charge on any atom is 0.258 e. The molecule has 6 nitrogen and oxygen atoms in total. The molecule has 1 N–H and O–H groups in total. The molecule has 0 fully saturated rings. The van der Waals surface area contributed by atoms with Crippen molar-refractivity contribution in [3.63, 3.8) is 0 Å². The van der Waals surface area contributed by atoms with E-state index in [1.807, 2.05) is 36.4 Å². The van der Waals surface area contributed by atoms with Crippen molar-refractivity contribution < 1.29 is 9.26 Å². The second-order valence-corrected chi connectivity index (χ2v) is 9.58. The third-order valence-corrected chi connectivity index (χ3v) is 6.66. The molecule has 8 heteroatoms. The van der Waals surface area contributed by atoms with Crippen LogP contribution in [0.2, 0.25) is 0 Å². The fourth-order valence-electron chi connectivity index (χ4n) is 3.90. The molecular formula is C25H28N4O2S2. The summed E-state index contributed by atoms with van der Waals surface area (Å²) in [6.45, 7) is 7.21. The van der Waals surface area contributed by atoms with Crippen LogP contribution in [0.5, 0.6) is 5.75 Å². The van der Waals surface area contributed by atoms with Crippen molar-refractivity contribution in [2.45, 2.75) is 31.7 Å². The lowest BCUT2D eigenvalue weighted by molar-refractivity contribution is 0.385. The standard InChI is InChI=1S/C25H28N4O2S2/c1-15(2)14-29-16(3)21(22(26-25(29)32)18-7-6-8-19(13-18)30-4)24-27-23(28-31-24)17-9-11-20(33-5)12-10-17/h6-13,15,22H,14H2,1-5H3,(H,26,32). The Bertz CT molecular complexity index is 1170. The lowest BCUT2D eigenvalue weighted by atomic mass is 9.94. The van der Waals surface area contributed by atoms with Crippen LogP contribution >= 0.6 is 24.0 Å². The second kappa shape index (κ2) is 9.97. The molecule has 2 aromatic carbocycles. The normalized spacial score (nSPS) is 16.4. The smallest absolute Gasteiger partial charge is 0.258 e. The van der Waals surface area contributed by atoms with E-state index in [2.05, 4.69) is 54.5 Å². The SMILES string of the molecule is COc1cccc(C2NC(=S)N(CC(C)C)C(C)=C2c2nc(-c3ccc(SC)cc3)no2)c1. The molecule has 1 atom stereocenters. The van der Waals surface area contributed by atoms with Crippen molar-refractivity contribution in [1.82, 2.24) is 20.4 Å². The van der Waals surface area contributed by atoms with Gasteiger partial charge in [0.2, 0.25) is 5.82 Å². The molecule has 4 rings (SSSR count). The van der Waals surface area contributed by atoms with Gasteiger partial charge in [0.05, 0.1) is 18.7 Å². The number of rotatable bonds is 7. The molecule has 0 bridgehead atoms. The van der Waals surface area contributed by atoms with Gasteiger partial charge >= 0.3 is 0 Å². The molecule has 1 aromatic heterocycles. The van der Waals surface area contributed by atoms with Crippen molar-refractivity contribution in [2.75, 3.05) is 19.9 Å². The number of hydrogen-bond acceptors (Lipinski definition) is 6. The number of allylic oxidation sites excluding steroid dienone is 1. The van der Waals surface area contributed by atoms with Crippen LogP contribution < -0.4 is 10.1 Å². The summed E-state index contributed by atoms with van der Waals surface area (Å²) < 4.78 is 11.3. The van der Waals surface area contributed by atoms with Crippen LogP contribution in [0.25, 0.3) is 17.0 Å². The summed E-state index contributed by atoms with van der Waals surface area (Å²) in [7, 11) is 1.66. The highest BCUT2D eigenvalue weighted by molar-refractivity contribution is 7.98. The van der Waals surface area contributed by atoms with Crippen LogP contribution in [0.3, 0.4) is 0 Å². The molecular weight excluding hydrogens is 452 g/mol. The largest absolute Gasteiger partial charge is 0.497 e. The first-order valence-corrected chi connectivity index (χ1v) is 12.5. The highest BCUT2D eigenvalue weighted by Gasteiger charge is 2.34. The van der Waals surface area contributed by atoms with Crippen LogP contribution in [-0.2, 0) is 0 Å². The van der Waals surface area contributed by atoms with Crippen LogP contribution in [0.1, 0.15) is 38.3 Å². The zero-order chi connectivity index (χ0) is 23.5. The molecule has 0 amide bonds. The van der Waals surface area contributed by atoms with E-state index in [0.29, 0.717) is 22.7 Å². The van der Waals surface area contributed by atoms with E-state index in [-0.39, 0.29) is 6.04 Å². The Kier molecular flexibility index (Phi) is 7.05. The summed E-state index contributed by atoms with van der Waals surface area (Å²) in [6.07, 6.45) is 2.05. The first kappa shape index (κ1) is 23.3. The maximum absolute atomic E-state index is 5.82. The molecule has 2 heterocycles. The first-order valence-electron chi connectivity index (χ1n) is 10.8. The van der Waals surface area contributed by atoms with Gasteiger partial charge in [-0.15, -0.1) is 11.8 Å². The Morgan fingerprint density at radius 2 is 1.97 bits per heavy atom. The average Bonchev–Trinajstić information content (AvgIpc) is 3.31. The minimum atomic E-state index is -0.233. The zero-order valence-electron chi connectivity index (χ0n) is 19.5. The quantitative estimate of drug-likeness (QED) is 0.337. The summed E-state index contributed by atoms with van der Waals surface area (Å²) >= 11 is 7.45. The van der Waals surface area contributed by atoms with E-state index in [9.17, 15) is 0 Å².